The minimum absolute atomic E-state index is 0.00266. The predicted octanol–water partition coefficient (Wildman–Crippen LogP) is 6.31. The summed E-state index contributed by atoms with van der Waals surface area (Å²) in [6, 6.07) is 39.7. The van der Waals surface area contributed by atoms with E-state index < -0.39 is 0 Å². The molecular formula is C32H32N2O2S. The largest absolute Gasteiger partial charge is 0.345 e. The normalized spacial score (nSPS) is 10.9. The maximum atomic E-state index is 12.8. The molecule has 37 heavy (non-hydrogen) atoms. The van der Waals surface area contributed by atoms with Gasteiger partial charge in [-0.25, -0.2) is 0 Å². The third-order valence-electron chi connectivity index (χ3n) is 6.09. The molecule has 5 heteroatoms. The van der Waals surface area contributed by atoms with Crippen molar-refractivity contribution in [1.82, 2.24) is 10.6 Å². The van der Waals surface area contributed by atoms with Crippen LogP contribution in [0.25, 0.3) is 0 Å². The highest BCUT2D eigenvalue weighted by Gasteiger charge is 2.18. The Bertz CT molecular complexity index is 1060. The van der Waals surface area contributed by atoms with Crippen LogP contribution in [-0.2, 0) is 9.59 Å². The number of carbonyl (C=O) groups is 2. The Hall–Kier alpha value is -3.83. The molecular weight excluding hydrogens is 476 g/mol. The second-order valence-electron chi connectivity index (χ2n) is 8.76. The van der Waals surface area contributed by atoms with Crippen LogP contribution in [0.2, 0.25) is 0 Å². The summed E-state index contributed by atoms with van der Waals surface area (Å²) in [5.74, 6) is 1.33. The summed E-state index contributed by atoms with van der Waals surface area (Å²) in [5.41, 5.74) is 4.21. The molecule has 188 valence electrons. The van der Waals surface area contributed by atoms with Crippen LogP contribution in [-0.4, -0.2) is 23.3 Å². The van der Waals surface area contributed by atoms with Crippen molar-refractivity contribution in [3.05, 3.63) is 144 Å². The van der Waals surface area contributed by atoms with Crippen molar-refractivity contribution in [2.24, 2.45) is 0 Å². The lowest BCUT2D eigenvalue weighted by Crippen LogP contribution is -2.30. The van der Waals surface area contributed by atoms with Crippen molar-refractivity contribution in [2.45, 2.75) is 24.9 Å². The van der Waals surface area contributed by atoms with Gasteiger partial charge in [-0.3, -0.25) is 9.59 Å². The van der Waals surface area contributed by atoms with Gasteiger partial charge in [-0.1, -0.05) is 121 Å². The van der Waals surface area contributed by atoms with E-state index in [4.69, 9.17) is 0 Å². The molecule has 0 saturated carbocycles. The second kappa shape index (κ2) is 14.0. The minimum Gasteiger partial charge on any atom is -0.345 e. The molecule has 0 spiro atoms. The molecule has 0 aliphatic rings. The van der Waals surface area contributed by atoms with Gasteiger partial charge in [0.05, 0.1) is 12.1 Å². The van der Waals surface area contributed by atoms with Crippen molar-refractivity contribution >= 4 is 23.6 Å². The quantitative estimate of drug-likeness (QED) is 0.221. The third kappa shape index (κ3) is 8.09. The van der Waals surface area contributed by atoms with Gasteiger partial charge in [0.15, 0.2) is 0 Å². The number of hydrogen-bond donors (Lipinski definition) is 2. The molecule has 0 aliphatic heterocycles. The SMILES string of the molecule is O=C(CCSCCC(=O)NC(c1ccccc1)c1ccccc1)NC(c1ccccc1)c1ccccc1. The molecule has 4 aromatic carbocycles. The Kier molecular flexibility index (Phi) is 9.96. The molecule has 0 bridgehead atoms. The Labute approximate surface area is 223 Å². The summed E-state index contributed by atoms with van der Waals surface area (Å²) in [4.78, 5) is 25.5. The van der Waals surface area contributed by atoms with Crippen LogP contribution in [0, 0.1) is 0 Å². The van der Waals surface area contributed by atoms with Crippen LogP contribution in [0.1, 0.15) is 47.2 Å². The fourth-order valence-electron chi connectivity index (χ4n) is 4.20. The van der Waals surface area contributed by atoms with E-state index in [1.807, 2.05) is 121 Å². The summed E-state index contributed by atoms with van der Waals surface area (Å²) in [5, 5.41) is 6.36. The summed E-state index contributed by atoms with van der Waals surface area (Å²) in [6.07, 6.45) is 0.804. The molecule has 2 amide bonds. The summed E-state index contributed by atoms with van der Waals surface area (Å²) >= 11 is 1.63. The highest BCUT2D eigenvalue weighted by atomic mass is 32.2. The first-order chi connectivity index (χ1) is 18.2. The molecule has 0 heterocycles. The number of benzene rings is 4. The van der Waals surface area contributed by atoms with E-state index in [1.54, 1.807) is 11.8 Å². The van der Waals surface area contributed by atoms with Crippen LogP contribution < -0.4 is 10.6 Å². The van der Waals surface area contributed by atoms with E-state index in [0.29, 0.717) is 24.3 Å². The van der Waals surface area contributed by atoms with E-state index in [9.17, 15) is 9.59 Å². The van der Waals surface area contributed by atoms with Crippen molar-refractivity contribution in [1.29, 1.82) is 0 Å². The van der Waals surface area contributed by atoms with Gasteiger partial charge in [0.1, 0.15) is 0 Å². The van der Waals surface area contributed by atoms with E-state index in [1.165, 1.54) is 0 Å². The van der Waals surface area contributed by atoms with Gasteiger partial charge in [-0.15, -0.1) is 0 Å². The average Bonchev–Trinajstić information content (AvgIpc) is 2.96. The van der Waals surface area contributed by atoms with Crippen LogP contribution in [0.3, 0.4) is 0 Å². The van der Waals surface area contributed by atoms with Crippen LogP contribution >= 0.6 is 11.8 Å². The number of amides is 2. The molecule has 2 N–H and O–H groups in total. The van der Waals surface area contributed by atoms with E-state index in [-0.39, 0.29) is 23.9 Å². The van der Waals surface area contributed by atoms with Gasteiger partial charge in [-0.05, 0) is 22.3 Å². The molecule has 4 nitrogen and oxygen atoms in total. The molecule has 0 saturated heterocycles. The smallest absolute Gasteiger partial charge is 0.221 e. The predicted molar refractivity (Wildman–Crippen MR) is 152 cm³/mol. The number of nitrogens with one attached hydrogen (secondary N) is 2. The first-order valence-electron chi connectivity index (χ1n) is 12.6. The summed E-state index contributed by atoms with van der Waals surface area (Å²) in [7, 11) is 0. The van der Waals surface area contributed by atoms with Gasteiger partial charge >= 0.3 is 0 Å². The summed E-state index contributed by atoms with van der Waals surface area (Å²) < 4.78 is 0. The topological polar surface area (TPSA) is 58.2 Å². The average molecular weight is 509 g/mol. The van der Waals surface area contributed by atoms with Gasteiger partial charge in [-0.2, -0.15) is 11.8 Å². The molecule has 0 unspecified atom stereocenters. The monoisotopic (exact) mass is 508 g/mol. The number of carbonyl (C=O) groups excluding carboxylic acids is 2. The highest BCUT2D eigenvalue weighted by molar-refractivity contribution is 7.99. The molecule has 0 atom stereocenters. The molecule has 4 rings (SSSR count). The van der Waals surface area contributed by atoms with Crippen LogP contribution in [0.15, 0.2) is 121 Å². The van der Waals surface area contributed by atoms with E-state index in [0.717, 1.165) is 22.3 Å². The van der Waals surface area contributed by atoms with Gasteiger partial charge < -0.3 is 10.6 Å². The standard InChI is InChI=1S/C32H32N2O2S/c35-29(33-31(25-13-5-1-6-14-25)26-15-7-2-8-16-26)21-23-37-24-22-30(36)34-32(27-17-9-3-10-18-27)28-19-11-4-12-20-28/h1-20,31-32H,21-24H2,(H,33,35)(H,34,36). The molecule has 0 radical (unpaired) electrons. The zero-order valence-electron chi connectivity index (χ0n) is 20.8. The van der Waals surface area contributed by atoms with Crippen molar-refractivity contribution < 1.29 is 9.59 Å². The molecule has 0 aromatic heterocycles. The highest BCUT2D eigenvalue weighted by Crippen LogP contribution is 2.23. The molecule has 4 aromatic rings. The maximum absolute atomic E-state index is 12.8. The Morgan fingerprint density at radius 2 is 0.757 bits per heavy atom. The lowest BCUT2D eigenvalue weighted by atomic mass is 9.98. The fourth-order valence-corrected chi connectivity index (χ4v) is 5.06. The van der Waals surface area contributed by atoms with Crippen molar-refractivity contribution in [3.8, 4) is 0 Å². The Balaban J connectivity index is 1.24. The summed E-state index contributed by atoms with van der Waals surface area (Å²) in [6.45, 7) is 0. The Morgan fingerprint density at radius 1 is 0.486 bits per heavy atom. The van der Waals surface area contributed by atoms with Gasteiger partial charge in [0, 0.05) is 24.3 Å². The fraction of sp³-hybridized carbons (Fsp3) is 0.188. The van der Waals surface area contributed by atoms with Gasteiger partial charge in [0.2, 0.25) is 11.8 Å². The third-order valence-corrected chi connectivity index (χ3v) is 7.07. The lowest BCUT2D eigenvalue weighted by Gasteiger charge is -2.20. The maximum Gasteiger partial charge on any atom is 0.221 e. The number of hydrogen-bond acceptors (Lipinski definition) is 3. The molecule has 0 fully saturated rings. The van der Waals surface area contributed by atoms with Crippen molar-refractivity contribution in [3.63, 3.8) is 0 Å². The van der Waals surface area contributed by atoms with Gasteiger partial charge in [0.25, 0.3) is 0 Å². The lowest BCUT2D eigenvalue weighted by molar-refractivity contribution is -0.121. The van der Waals surface area contributed by atoms with E-state index in [2.05, 4.69) is 10.6 Å². The van der Waals surface area contributed by atoms with Crippen molar-refractivity contribution in [2.75, 3.05) is 11.5 Å². The first kappa shape index (κ1) is 26.2. The Morgan fingerprint density at radius 3 is 1.03 bits per heavy atom. The minimum atomic E-state index is -0.182. The number of thioether (sulfide) groups is 1. The van der Waals surface area contributed by atoms with E-state index >= 15 is 0 Å². The zero-order chi connectivity index (χ0) is 25.7. The zero-order valence-corrected chi connectivity index (χ0v) is 21.6. The van der Waals surface area contributed by atoms with Crippen LogP contribution in [0.4, 0.5) is 0 Å². The molecule has 0 aliphatic carbocycles. The first-order valence-corrected chi connectivity index (χ1v) is 13.7. The number of rotatable bonds is 12. The second-order valence-corrected chi connectivity index (χ2v) is 9.98. The van der Waals surface area contributed by atoms with Crippen LogP contribution in [0.5, 0.6) is 0 Å².